The number of hydrogen-bond donors (Lipinski definition) is 1. The number of para-hydroxylation sites is 1. The second-order valence-electron chi connectivity index (χ2n) is 4.69. The second-order valence-corrected chi connectivity index (χ2v) is 5.99. The zero-order valence-corrected chi connectivity index (χ0v) is 12.6. The molecule has 4 nitrogen and oxygen atoms in total. The number of hydrogen-bond acceptors (Lipinski definition) is 3. The number of aryl methyl sites for hydroxylation is 3. The standard InChI is InChI=1S/C15H17O4P/c1-11-7-9-14(10-8-11)18-20(16,17)19-15-12(2)5-4-6-13(15)3/h4-10H,1-3H3,(H,16,17). The van der Waals surface area contributed by atoms with Crippen molar-refractivity contribution >= 4 is 7.82 Å². The van der Waals surface area contributed by atoms with E-state index in [1.165, 1.54) is 0 Å². The fraction of sp³-hybridized carbons (Fsp3) is 0.200. The molecule has 106 valence electrons. The second kappa shape index (κ2) is 5.70. The van der Waals surface area contributed by atoms with Crippen LogP contribution in [0.1, 0.15) is 16.7 Å². The molecule has 20 heavy (non-hydrogen) atoms. The van der Waals surface area contributed by atoms with Gasteiger partial charge in [0.05, 0.1) is 0 Å². The molecule has 0 spiro atoms. The first kappa shape index (κ1) is 14.6. The maximum Gasteiger partial charge on any atom is 0.584 e. The minimum Gasteiger partial charge on any atom is -0.395 e. The maximum absolute atomic E-state index is 12.1. The molecule has 2 aromatic carbocycles. The highest BCUT2D eigenvalue weighted by Gasteiger charge is 2.26. The third kappa shape index (κ3) is 3.62. The molecular weight excluding hydrogens is 275 g/mol. The van der Waals surface area contributed by atoms with Crippen molar-refractivity contribution in [2.75, 3.05) is 0 Å². The molecule has 0 heterocycles. The largest absolute Gasteiger partial charge is 0.584 e. The van der Waals surface area contributed by atoms with Gasteiger partial charge in [-0.1, -0.05) is 35.9 Å². The Morgan fingerprint density at radius 3 is 2.00 bits per heavy atom. The number of phosphoric ester groups is 1. The summed E-state index contributed by atoms with van der Waals surface area (Å²) in [6.45, 7) is 5.55. The normalized spacial score (nSPS) is 13.6. The fourth-order valence-electron chi connectivity index (χ4n) is 1.81. The van der Waals surface area contributed by atoms with Gasteiger partial charge in [0.1, 0.15) is 11.5 Å². The lowest BCUT2D eigenvalue weighted by molar-refractivity contribution is 0.289. The molecule has 2 aromatic rings. The topological polar surface area (TPSA) is 55.8 Å². The van der Waals surface area contributed by atoms with Crippen LogP contribution in [0.4, 0.5) is 0 Å². The smallest absolute Gasteiger partial charge is 0.395 e. The Morgan fingerprint density at radius 2 is 1.45 bits per heavy atom. The highest BCUT2D eigenvalue weighted by atomic mass is 31.2. The Morgan fingerprint density at radius 1 is 0.900 bits per heavy atom. The number of phosphoric acid groups is 1. The van der Waals surface area contributed by atoms with Crippen LogP contribution >= 0.6 is 7.82 Å². The molecule has 1 unspecified atom stereocenters. The average Bonchev–Trinajstić information content (AvgIpc) is 2.37. The average molecular weight is 292 g/mol. The van der Waals surface area contributed by atoms with Crippen molar-refractivity contribution in [1.82, 2.24) is 0 Å². The molecule has 0 fully saturated rings. The van der Waals surface area contributed by atoms with Crippen molar-refractivity contribution in [1.29, 1.82) is 0 Å². The third-order valence-electron chi connectivity index (χ3n) is 2.86. The zero-order chi connectivity index (χ0) is 14.8. The first-order valence-electron chi connectivity index (χ1n) is 6.22. The molecule has 5 heteroatoms. The van der Waals surface area contributed by atoms with Gasteiger partial charge in [-0.05, 0) is 44.0 Å². The zero-order valence-electron chi connectivity index (χ0n) is 11.7. The van der Waals surface area contributed by atoms with Crippen LogP contribution < -0.4 is 9.05 Å². The molecule has 0 aliphatic rings. The van der Waals surface area contributed by atoms with E-state index in [0.717, 1.165) is 16.7 Å². The van der Waals surface area contributed by atoms with Crippen molar-refractivity contribution in [3.63, 3.8) is 0 Å². The minimum atomic E-state index is -4.21. The summed E-state index contributed by atoms with van der Waals surface area (Å²) >= 11 is 0. The van der Waals surface area contributed by atoms with Gasteiger partial charge in [0.15, 0.2) is 0 Å². The van der Waals surface area contributed by atoms with Crippen molar-refractivity contribution in [3.8, 4) is 11.5 Å². The van der Waals surface area contributed by atoms with Crippen LogP contribution in [0.2, 0.25) is 0 Å². The summed E-state index contributed by atoms with van der Waals surface area (Å²) in [5, 5.41) is 0. The van der Waals surface area contributed by atoms with Gasteiger partial charge < -0.3 is 9.05 Å². The number of benzene rings is 2. The Kier molecular flexibility index (Phi) is 4.17. The van der Waals surface area contributed by atoms with Gasteiger partial charge in [0.2, 0.25) is 0 Å². The van der Waals surface area contributed by atoms with E-state index in [-0.39, 0.29) is 0 Å². The molecule has 0 saturated carbocycles. The summed E-state index contributed by atoms with van der Waals surface area (Å²) < 4.78 is 22.3. The predicted octanol–water partition coefficient (Wildman–Crippen LogP) is 4.17. The van der Waals surface area contributed by atoms with Crippen LogP contribution in [0.5, 0.6) is 11.5 Å². The van der Waals surface area contributed by atoms with Crippen molar-refractivity contribution in [2.24, 2.45) is 0 Å². The Labute approximate surface area is 118 Å². The molecule has 0 aliphatic carbocycles. The predicted molar refractivity (Wildman–Crippen MR) is 78.2 cm³/mol. The lowest BCUT2D eigenvalue weighted by Gasteiger charge is -2.16. The SMILES string of the molecule is Cc1ccc(OP(=O)(O)Oc2c(C)cccc2C)cc1. The van der Waals surface area contributed by atoms with Gasteiger partial charge >= 0.3 is 7.82 Å². The molecule has 0 bridgehead atoms. The molecule has 0 aromatic heterocycles. The molecule has 0 saturated heterocycles. The Bertz CT molecular complexity index is 629. The Balaban J connectivity index is 2.19. The van der Waals surface area contributed by atoms with Crippen molar-refractivity contribution in [2.45, 2.75) is 20.8 Å². The van der Waals surface area contributed by atoms with E-state index >= 15 is 0 Å². The van der Waals surface area contributed by atoms with Crippen molar-refractivity contribution in [3.05, 3.63) is 59.2 Å². The fourth-order valence-corrected chi connectivity index (χ4v) is 2.75. The molecule has 0 aliphatic heterocycles. The van der Waals surface area contributed by atoms with Crippen molar-refractivity contribution < 1.29 is 18.5 Å². The summed E-state index contributed by atoms with van der Waals surface area (Å²) in [4.78, 5) is 9.85. The summed E-state index contributed by atoms with van der Waals surface area (Å²) in [5.41, 5.74) is 2.61. The van der Waals surface area contributed by atoms with Gasteiger partial charge in [-0.3, -0.25) is 4.89 Å². The molecular formula is C15H17O4P. The molecule has 1 atom stereocenters. The van der Waals surface area contributed by atoms with Crippen LogP contribution in [0.15, 0.2) is 42.5 Å². The summed E-state index contributed by atoms with van der Waals surface area (Å²) in [6.07, 6.45) is 0. The van der Waals surface area contributed by atoms with Gasteiger partial charge in [0.25, 0.3) is 0 Å². The first-order valence-corrected chi connectivity index (χ1v) is 7.72. The van der Waals surface area contributed by atoms with E-state index in [1.54, 1.807) is 24.3 Å². The van der Waals surface area contributed by atoms with Crippen LogP contribution in [0, 0.1) is 20.8 Å². The lowest BCUT2D eigenvalue weighted by atomic mass is 10.1. The van der Waals surface area contributed by atoms with Gasteiger partial charge in [-0.2, -0.15) is 0 Å². The van der Waals surface area contributed by atoms with Crippen LogP contribution in [0.3, 0.4) is 0 Å². The molecule has 0 amide bonds. The minimum absolute atomic E-state index is 0.299. The van der Waals surface area contributed by atoms with Crippen LogP contribution in [-0.4, -0.2) is 4.89 Å². The lowest BCUT2D eigenvalue weighted by Crippen LogP contribution is -2.02. The highest BCUT2D eigenvalue weighted by Crippen LogP contribution is 2.46. The van der Waals surface area contributed by atoms with Crippen LogP contribution in [0.25, 0.3) is 0 Å². The summed E-state index contributed by atoms with van der Waals surface area (Å²) in [5.74, 6) is 0.679. The highest BCUT2D eigenvalue weighted by molar-refractivity contribution is 7.48. The van der Waals surface area contributed by atoms with E-state index in [0.29, 0.717) is 11.5 Å². The van der Waals surface area contributed by atoms with E-state index in [2.05, 4.69) is 0 Å². The quantitative estimate of drug-likeness (QED) is 0.859. The molecule has 1 N–H and O–H groups in total. The summed E-state index contributed by atoms with van der Waals surface area (Å²) in [7, 11) is -4.21. The molecule has 2 rings (SSSR count). The van der Waals surface area contributed by atoms with Crippen LogP contribution in [-0.2, 0) is 4.57 Å². The van der Waals surface area contributed by atoms with Gasteiger partial charge in [0, 0.05) is 0 Å². The molecule has 0 radical (unpaired) electrons. The Hall–Kier alpha value is -1.77. The van der Waals surface area contributed by atoms with E-state index < -0.39 is 7.82 Å². The van der Waals surface area contributed by atoms with Gasteiger partial charge in [-0.15, -0.1) is 0 Å². The number of rotatable bonds is 4. The van der Waals surface area contributed by atoms with E-state index in [4.69, 9.17) is 9.05 Å². The van der Waals surface area contributed by atoms with E-state index in [9.17, 15) is 9.46 Å². The third-order valence-corrected chi connectivity index (χ3v) is 3.71. The first-order chi connectivity index (χ1) is 9.37. The summed E-state index contributed by atoms with van der Waals surface area (Å²) in [6, 6.07) is 12.4. The maximum atomic E-state index is 12.1. The van der Waals surface area contributed by atoms with Gasteiger partial charge in [-0.25, -0.2) is 4.57 Å². The monoisotopic (exact) mass is 292 g/mol. The van der Waals surface area contributed by atoms with E-state index in [1.807, 2.05) is 39.0 Å².